The normalized spacial score (nSPS) is 14.1. The van der Waals surface area contributed by atoms with E-state index in [1.807, 2.05) is 0 Å². The second-order valence-corrected chi connectivity index (χ2v) is 4.50. The molecule has 0 bridgehead atoms. The van der Waals surface area contributed by atoms with Crippen LogP contribution >= 0.6 is 0 Å². The highest BCUT2D eigenvalue weighted by molar-refractivity contribution is 5.70. The van der Waals surface area contributed by atoms with Gasteiger partial charge in [-0.15, -0.1) is 0 Å². The van der Waals surface area contributed by atoms with E-state index in [2.05, 4.69) is 0 Å². The van der Waals surface area contributed by atoms with Crippen LogP contribution in [-0.2, 0) is 4.79 Å². The van der Waals surface area contributed by atoms with Crippen molar-refractivity contribution >= 4 is 5.97 Å². The smallest absolute Gasteiger partial charge is 0.307 e. The molecule has 2 unspecified atom stereocenters. The van der Waals surface area contributed by atoms with Crippen molar-refractivity contribution in [1.29, 1.82) is 0 Å². The fourth-order valence-electron chi connectivity index (χ4n) is 2.04. The fraction of sp³-hybridized carbons (Fsp3) is 0.462. The highest BCUT2D eigenvalue weighted by Gasteiger charge is 2.27. The van der Waals surface area contributed by atoms with Crippen molar-refractivity contribution in [2.24, 2.45) is 11.7 Å². The van der Waals surface area contributed by atoms with Gasteiger partial charge in [0.2, 0.25) is 0 Å². The summed E-state index contributed by atoms with van der Waals surface area (Å²) in [7, 11) is 0. The van der Waals surface area contributed by atoms with Gasteiger partial charge < -0.3 is 10.8 Å². The summed E-state index contributed by atoms with van der Waals surface area (Å²) in [6, 6.07) is 0.567. The molecule has 0 heterocycles. The van der Waals surface area contributed by atoms with Crippen LogP contribution in [0.3, 0.4) is 0 Å². The second-order valence-electron chi connectivity index (χ2n) is 4.50. The van der Waals surface area contributed by atoms with Crippen LogP contribution in [-0.4, -0.2) is 17.6 Å². The molecule has 3 nitrogen and oxygen atoms in total. The lowest BCUT2D eigenvalue weighted by atomic mass is 9.86. The van der Waals surface area contributed by atoms with Gasteiger partial charge in [-0.3, -0.25) is 4.79 Å². The molecule has 0 saturated heterocycles. The summed E-state index contributed by atoms with van der Waals surface area (Å²) < 4.78 is 52.9. The Morgan fingerprint density at radius 3 is 2.30 bits per heavy atom. The van der Waals surface area contributed by atoms with Crippen LogP contribution in [0.1, 0.15) is 31.2 Å². The summed E-state index contributed by atoms with van der Waals surface area (Å²) in [6.45, 7) is 1.43. The third-order valence-corrected chi connectivity index (χ3v) is 3.27. The lowest BCUT2D eigenvalue weighted by Crippen LogP contribution is -2.25. The fourth-order valence-corrected chi connectivity index (χ4v) is 2.04. The Balaban J connectivity index is 3.16. The predicted octanol–water partition coefficient (Wildman–Crippen LogP) is 2.79. The van der Waals surface area contributed by atoms with Crippen LogP contribution in [0.2, 0.25) is 0 Å². The molecule has 0 spiro atoms. The van der Waals surface area contributed by atoms with Gasteiger partial charge in [0.25, 0.3) is 0 Å². The van der Waals surface area contributed by atoms with Gasteiger partial charge in [0.1, 0.15) is 0 Å². The molecule has 0 aliphatic rings. The van der Waals surface area contributed by atoms with Crippen molar-refractivity contribution in [2.75, 3.05) is 6.54 Å². The molecule has 1 aromatic carbocycles. The van der Waals surface area contributed by atoms with E-state index in [1.54, 1.807) is 6.92 Å². The first-order valence-electron chi connectivity index (χ1n) is 6.09. The SMILES string of the molecule is CCC(CC(CN)C(=O)O)c1cc(F)c(F)c(F)c1F. The molecule has 1 aromatic rings. The standard InChI is InChI=1S/C13H15F4NO2/c1-2-6(3-7(5-18)13(19)20)8-4-9(14)11(16)12(17)10(8)15/h4,6-7H,2-3,5,18H2,1H3,(H,19,20). The number of carbonyl (C=O) groups is 1. The number of carboxylic acid groups (broad SMARTS) is 1. The second kappa shape index (κ2) is 6.69. The Kier molecular flexibility index (Phi) is 5.50. The maximum absolute atomic E-state index is 13.7. The monoisotopic (exact) mass is 293 g/mol. The number of carboxylic acids is 1. The maximum Gasteiger partial charge on any atom is 0.307 e. The first-order valence-corrected chi connectivity index (χ1v) is 6.09. The van der Waals surface area contributed by atoms with Crippen molar-refractivity contribution in [3.05, 3.63) is 34.9 Å². The molecule has 7 heteroatoms. The molecule has 0 radical (unpaired) electrons. The molecule has 0 fully saturated rings. The van der Waals surface area contributed by atoms with Gasteiger partial charge in [-0.25, -0.2) is 17.6 Å². The summed E-state index contributed by atoms with van der Waals surface area (Å²) in [4.78, 5) is 10.9. The molecule has 2 atom stereocenters. The van der Waals surface area contributed by atoms with Crippen LogP contribution in [0.15, 0.2) is 6.07 Å². The quantitative estimate of drug-likeness (QED) is 0.481. The van der Waals surface area contributed by atoms with Gasteiger partial charge in [-0.2, -0.15) is 0 Å². The summed E-state index contributed by atoms with van der Waals surface area (Å²) in [5.41, 5.74) is 4.92. The topological polar surface area (TPSA) is 63.3 Å². The Morgan fingerprint density at radius 1 is 1.25 bits per heavy atom. The van der Waals surface area contributed by atoms with E-state index in [0.717, 1.165) is 0 Å². The molecule has 3 N–H and O–H groups in total. The van der Waals surface area contributed by atoms with E-state index < -0.39 is 41.1 Å². The van der Waals surface area contributed by atoms with E-state index in [4.69, 9.17) is 10.8 Å². The molecule has 0 amide bonds. The molecule has 1 rings (SSSR count). The molecule has 0 aliphatic carbocycles. The summed E-state index contributed by atoms with van der Waals surface area (Å²) in [5, 5.41) is 8.91. The number of benzene rings is 1. The third kappa shape index (κ3) is 3.27. The van der Waals surface area contributed by atoms with E-state index in [-0.39, 0.29) is 24.9 Å². The van der Waals surface area contributed by atoms with Crippen molar-refractivity contribution in [3.8, 4) is 0 Å². The number of nitrogens with two attached hydrogens (primary N) is 1. The van der Waals surface area contributed by atoms with Gasteiger partial charge in [-0.1, -0.05) is 6.92 Å². The zero-order valence-electron chi connectivity index (χ0n) is 10.8. The zero-order chi connectivity index (χ0) is 15.4. The lowest BCUT2D eigenvalue weighted by Gasteiger charge is -2.20. The number of hydrogen-bond donors (Lipinski definition) is 2. The Labute approximate surface area is 113 Å². The predicted molar refractivity (Wildman–Crippen MR) is 64.1 cm³/mol. The minimum Gasteiger partial charge on any atom is -0.481 e. The molecule has 0 aromatic heterocycles. The Morgan fingerprint density at radius 2 is 1.85 bits per heavy atom. The Bertz CT molecular complexity index is 508. The highest BCUT2D eigenvalue weighted by Crippen LogP contribution is 2.31. The van der Waals surface area contributed by atoms with Gasteiger partial charge >= 0.3 is 5.97 Å². The van der Waals surface area contributed by atoms with Crippen LogP contribution < -0.4 is 5.73 Å². The highest BCUT2D eigenvalue weighted by atomic mass is 19.2. The van der Waals surface area contributed by atoms with Crippen LogP contribution in [0.5, 0.6) is 0 Å². The molecule has 20 heavy (non-hydrogen) atoms. The van der Waals surface area contributed by atoms with Crippen molar-refractivity contribution in [3.63, 3.8) is 0 Å². The van der Waals surface area contributed by atoms with E-state index >= 15 is 0 Å². The average Bonchev–Trinajstić information content (AvgIpc) is 2.42. The van der Waals surface area contributed by atoms with E-state index in [9.17, 15) is 22.4 Å². The minimum atomic E-state index is -1.89. The van der Waals surface area contributed by atoms with Crippen LogP contribution in [0.4, 0.5) is 17.6 Å². The summed E-state index contributed by atoms with van der Waals surface area (Å²) in [6.07, 6.45) is 0.162. The molecule has 112 valence electrons. The van der Waals surface area contributed by atoms with Gasteiger partial charge in [0.15, 0.2) is 23.3 Å². The lowest BCUT2D eigenvalue weighted by molar-refractivity contribution is -0.141. The van der Waals surface area contributed by atoms with Crippen molar-refractivity contribution in [1.82, 2.24) is 0 Å². The number of halogens is 4. The van der Waals surface area contributed by atoms with Crippen molar-refractivity contribution < 1.29 is 27.5 Å². The number of aliphatic carboxylic acids is 1. The summed E-state index contributed by atoms with van der Waals surface area (Å²) >= 11 is 0. The summed E-state index contributed by atoms with van der Waals surface area (Å²) in [5.74, 6) is -9.66. The maximum atomic E-state index is 13.7. The zero-order valence-corrected chi connectivity index (χ0v) is 10.8. The molecular formula is C13H15F4NO2. The minimum absolute atomic E-state index is 0.0796. The van der Waals surface area contributed by atoms with E-state index in [0.29, 0.717) is 6.07 Å². The van der Waals surface area contributed by atoms with Gasteiger partial charge in [0.05, 0.1) is 5.92 Å². The van der Waals surface area contributed by atoms with E-state index in [1.165, 1.54) is 0 Å². The molecular weight excluding hydrogens is 278 g/mol. The third-order valence-electron chi connectivity index (χ3n) is 3.27. The van der Waals surface area contributed by atoms with Crippen molar-refractivity contribution in [2.45, 2.75) is 25.7 Å². The Hall–Kier alpha value is -1.63. The average molecular weight is 293 g/mol. The largest absolute Gasteiger partial charge is 0.481 e. The van der Waals surface area contributed by atoms with Crippen LogP contribution in [0, 0.1) is 29.2 Å². The van der Waals surface area contributed by atoms with Crippen LogP contribution in [0.25, 0.3) is 0 Å². The molecule has 0 aliphatic heterocycles. The first-order chi connectivity index (χ1) is 9.33. The van der Waals surface area contributed by atoms with Gasteiger partial charge in [-0.05, 0) is 30.4 Å². The number of rotatable bonds is 6. The van der Waals surface area contributed by atoms with Gasteiger partial charge in [0, 0.05) is 6.54 Å². The molecule has 0 saturated carbocycles. The first kappa shape index (κ1) is 16.4. The number of hydrogen-bond acceptors (Lipinski definition) is 2.